The molecule has 1 aliphatic rings. The molecule has 1 amide bonds. The standard InChI is InChI=1S/C20H20N2O7/c1-2-21(11-16-12-27-17-5-3-4-6-18(17)29-16)19(23)13-28-20(24)14-7-9-15(10-8-14)22(25)26/h3-10,16H,2,11-13H2,1H3/t16-/m1/s1. The molecule has 0 unspecified atom stereocenters. The Kier molecular flexibility index (Phi) is 6.28. The molecular formula is C20H20N2O7. The van der Waals surface area contributed by atoms with Gasteiger partial charge in [0.2, 0.25) is 0 Å². The minimum Gasteiger partial charge on any atom is -0.486 e. The van der Waals surface area contributed by atoms with Crippen molar-refractivity contribution < 1.29 is 28.7 Å². The molecule has 0 spiro atoms. The number of carbonyl (C=O) groups is 2. The number of rotatable bonds is 7. The molecule has 0 aliphatic carbocycles. The summed E-state index contributed by atoms with van der Waals surface area (Å²) in [7, 11) is 0. The van der Waals surface area contributed by atoms with Crippen LogP contribution in [0.1, 0.15) is 17.3 Å². The molecule has 3 rings (SSSR count). The summed E-state index contributed by atoms with van der Waals surface area (Å²) in [5.74, 6) is 0.188. The second kappa shape index (κ2) is 9.05. The number of hydrogen-bond donors (Lipinski definition) is 0. The molecule has 0 aromatic heterocycles. The summed E-state index contributed by atoms with van der Waals surface area (Å²) in [6.45, 7) is 2.39. The molecule has 0 N–H and O–H groups in total. The Balaban J connectivity index is 1.52. The normalized spacial score (nSPS) is 14.7. The van der Waals surface area contributed by atoms with Gasteiger partial charge in [-0.25, -0.2) is 4.79 Å². The zero-order valence-electron chi connectivity index (χ0n) is 15.8. The van der Waals surface area contributed by atoms with Gasteiger partial charge in [-0.2, -0.15) is 0 Å². The molecule has 9 nitrogen and oxygen atoms in total. The first-order valence-corrected chi connectivity index (χ1v) is 9.05. The Morgan fingerprint density at radius 2 is 1.86 bits per heavy atom. The molecule has 29 heavy (non-hydrogen) atoms. The molecular weight excluding hydrogens is 380 g/mol. The predicted octanol–water partition coefficient (Wildman–Crippen LogP) is 2.44. The van der Waals surface area contributed by atoms with Gasteiger partial charge in [-0.3, -0.25) is 14.9 Å². The van der Waals surface area contributed by atoms with Crippen LogP contribution in [0.2, 0.25) is 0 Å². The highest BCUT2D eigenvalue weighted by Gasteiger charge is 2.25. The predicted molar refractivity (Wildman–Crippen MR) is 102 cm³/mol. The number of para-hydroxylation sites is 2. The van der Waals surface area contributed by atoms with Gasteiger partial charge in [-0.15, -0.1) is 0 Å². The maximum absolute atomic E-state index is 12.4. The van der Waals surface area contributed by atoms with Gasteiger partial charge in [0, 0.05) is 18.7 Å². The number of carbonyl (C=O) groups excluding carboxylic acids is 2. The van der Waals surface area contributed by atoms with Crippen molar-refractivity contribution in [2.24, 2.45) is 0 Å². The van der Waals surface area contributed by atoms with Crippen molar-refractivity contribution in [2.75, 3.05) is 26.3 Å². The molecule has 0 saturated carbocycles. The fourth-order valence-electron chi connectivity index (χ4n) is 2.83. The van der Waals surface area contributed by atoms with Gasteiger partial charge in [0.1, 0.15) is 6.61 Å². The quantitative estimate of drug-likeness (QED) is 0.399. The third-order valence-corrected chi connectivity index (χ3v) is 4.37. The average molecular weight is 400 g/mol. The lowest BCUT2D eigenvalue weighted by Crippen LogP contribution is -2.45. The van der Waals surface area contributed by atoms with Crippen LogP contribution in [0.5, 0.6) is 11.5 Å². The summed E-state index contributed by atoms with van der Waals surface area (Å²) >= 11 is 0. The zero-order valence-corrected chi connectivity index (χ0v) is 15.8. The number of fused-ring (bicyclic) bond motifs is 1. The first-order valence-electron chi connectivity index (χ1n) is 9.05. The number of nitrogens with zero attached hydrogens (tertiary/aromatic N) is 2. The summed E-state index contributed by atoms with van der Waals surface area (Å²) < 4.78 is 16.6. The molecule has 1 aliphatic heterocycles. The van der Waals surface area contributed by atoms with E-state index in [-0.39, 0.29) is 23.3 Å². The largest absolute Gasteiger partial charge is 0.486 e. The highest BCUT2D eigenvalue weighted by Crippen LogP contribution is 2.31. The molecule has 0 fully saturated rings. The number of benzene rings is 2. The van der Waals surface area contributed by atoms with E-state index in [1.165, 1.54) is 29.2 Å². The van der Waals surface area contributed by atoms with Crippen LogP contribution >= 0.6 is 0 Å². The second-order valence-electron chi connectivity index (χ2n) is 6.31. The van der Waals surface area contributed by atoms with Crippen molar-refractivity contribution in [3.8, 4) is 11.5 Å². The van der Waals surface area contributed by atoms with Crippen LogP contribution in [-0.2, 0) is 9.53 Å². The molecule has 1 heterocycles. The number of non-ortho nitro benzene ring substituents is 1. The van der Waals surface area contributed by atoms with Crippen LogP contribution < -0.4 is 9.47 Å². The van der Waals surface area contributed by atoms with Crippen LogP contribution in [0.3, 0.4) is 0 Å². The van der Waals surface area contributed by atoms with E-state index in [4.69, 9.17) is 14.2 Å². The number of ether oxygens (including phenoxy) is 3. The summed E-state index contributed by atoms with van der Waals surface area (Å²) in [4.78, 5) is 36.1. The van der Waals surface area contributed by atoms with Gasteiger partial charge >= 0.3 is 5.97 Å². The average Bonchev–Trinajstić information content (AvgIpc) is 2.75. The van der Waals surface area contributed by atoms with Crippen LogP contribution in [0.15, 0.2) is 48.5 Å². The van der Waals surface area contributed by atoms with E-state index >= 15 is 0 Å². The zero-order chi connectivity index (χ0) is 20.8. The summed E-state index contributed by atoms with van der Waals surface area (Å²) in [5.41, 5.74) is -0.00173. The van der Waals surface area contributed by atoms with E-state index in [0.29, 0.717) is 31.2 Å². The lowest BCUT2D eigenvalue weighted by Gasteiger charge is -2.30. The van der Waals surface area contributed by atoms with Crippen molar-refractivity contribution in [3.05, 3.63) is 64.2 Å². The summed E-state index contributed by atoms with van der Waals surface area (Å²) in [6.07, 6.45) is -0.334. The van der Waals surface area contributed by atoms with Crippen molar-refractivity contribution >= 4 is 17.6 Å². The van der Waals surface area contributed by atoms with E-state index in [9.17, 15) is 19.7 Å². The number of esters is 1. The van der Waals surface area contributed by atoms with Crippen LogP contribution in [-0.4, -0.2) is 54.1 Å². The monoisotopic (exact) mass is 400 g/mol. The second-order valence-corrected chi connectivity index (χ2v) is 6.31. The van der Waals surface area contributed by atoms with Crippen molar-refractivity contribution in [1.29, 1.82) is 0 Å². The van der Waals surface area contributed by atoms with E-state index in [1.807, 2.05) is 25.1 Å². The van der Waals surface area contributed by atoms with Gasteiger partial charge in [0.15, 0.2) is 24.2 Å². The molecule has 152 valence electrons. The van der Waals surface area contributed by atoms with E-state index in [0.717, 1.165) is 0 Å². The van der Waals surface area contributed by atoms with Crippen LogP contribution in [0.4, 0.5) is 5.69 Å². The minimum absolute atomic E-state index is 0.132. The van der Waals surface area contributed by atoms with Crippen molar-refractivity contribution in [3.63, 3.8) is 0 Å². The minimum atomic E-state index is -0.726. The molecule has 9 heteroatoms. The topological polar surface area (TPSA) is 108 Å². The number of nitro benzene ring substituents is 1. The third kappa shape index (κ3) is 5.01. The van der Waals surface area contributed by atoms with Crippen molar-refractivity contribution in [2.45, 2.75) is 13.0 Å². The fourth-order valence-corrected chi connectivity index (χ4v) is 2.83. The Morgan fingerprint density at radius 3 is 2.52 bits per heavy atom. The maximum atomic E-state index is 12.4. The number of hydrogen-bond acceptors (Lipinski definition) is 7. The van der Waals surface area contributed by atoms with Crippen molar-refractivity contribution in [1.82, 2.24) is 4.90 Å². The fraction of sp³-hybridized carbons (Fsp3) is 0.300. The Morgan fingerprint density at radius 1 is 1.17 bits per heavy atom. The molecule has 1 atom stereocenters. The molecule has 0 saturated heterocycles. The Labute approximate surface area is 166 Å². The molecule has 0 bridgehead atoms. The number of amides is 1. The highest BCUT2D eigenvalue weighted by atomic mass is 16.6. The lowest BCUT2D eigenvalue weighted by molar-refractivity contribution is -0.384. The third-order valence-electron chi connectivity index (χ3n) is 4.37. The summed E-state index contributed by atoms with van der Waals surface area (Å²) in [5, 5.41) is 10.7. The van der Waals surface area contributed by atoms with Gasteiger partial charge in [-0.05, 0) is 31.2 Å². The molecule has 2 aromatic rings. The first kappa shape index (κ1) is 20.1. The van der Waals surface area contributed by atoms with E-state index < -0.39 is 17.5 Å². The Bertz CT molecular complexity index is 898. The molecule has 2 aromatic carbocycles. The first-order chi connectivity index (χ1) is 14.0. The van der Waals surface area contributed by atoms with E-state index in [1.54, 1.807) is 6.07 Å². The SMILES string of the molecule is CCN(C[C@@H]1COc2ccccc2O1)C(=O)COC(=O)c1ccc([N+](=O)[O-])cc1. The van der Waals surface area contributed by atoms with Gasteiger partial charge < -0.3 is 19.1 Å². The number of nitro groups is 1. The highest BCUT2D eigenvalue weighted by molar-refractivity contribution is 5.91. The van der Waals surface area contributed by atoms with Gasteiger partial charge in [0.05, 0.1) is 17.0 Å². The smallest absolute Gasteiger partial charge is 0.338 e. The van der Waals surface area contributed by atoms with E-state index in [2.05, 4.69) is 0 Å². The lowest BCUT2D eigenvalue weighted by atomic mass is 10.2. The van der Waals surface area contributed by atoms with Crippen LogP contribution in [0.25, 0.3) is 0 Å². The van der Waals surface area contributed by atoms with Gasteiger partial charge in [0.25, 0.3) is 11.6 Å². The van der Waals surface area contributed by atoms with Gasteiger partial charge in [-0.1, -0.05) is 12.1 Å². The Hall–Kier alpha value is -3.62. The summed E-state index contributed by atoms with van der Waals surface area (Å²) in [6, 6.07) is 12.3. The maximum Gasteiger partial charge on any atom is 0.338 e. The molecule has 0 radical (unpaired) electrons. The number of likely N-dealkylation sites (N-methyl/N-ethyl adjacent to an activating group) is 1. The van der Waals surface area contributed by atoms with Crippen LogP contribution in [0, 0.1) is 10.1 Å².